The number of nitrogens with one attached hydrogen (secondary N) is 1. The van der Waals surface area contributed by atoms with Gasteiger partial charge in [-0.2, -0.15) is 18.2 Å². The average molecular weight is 544 g/mol. The molecule has 0 unspecified atom stereocenters. The summed E-state index contributed by atoms with van der Waals surface area (Å²) in [4.78, 5) is 22.1. The zero-order valence-corrected chi connectivity index (χ0v) is 21.5. The molecule has 1 aromatic carbocycles. The first-order valence-electron chi connectivity index (χ1n) is 12.7. The molecule has 3 aliphatic rings. The van der Waals surface area contributed by atoms with Gasteiger partial charge in [0, 0.05) is 24.8 Å². The van der Waals surface area contributed by atoms with Crippen LogP contribution in [0.3, 0.4) is 0 Å². The zero-order chi connectivity index (χ0) is 27.2. The number of fused-ring (bicyclic) bond motifs is 4. The molecule has 2 aromatic heterocycles. The van der Waals surface area contributed by atoms with Crippen molar-refractivity contribution in [2.45, 2.75) is 44.4 Å². The summed E-state index contributed by atoms with van der Waals surface area (Å²) in [6.45, 7) is 6.46. The van der Waals surface area contributed by atoms with E-state index in [1.54, 1.807) is 24.5 Å². The number of alkyl halides is 3. The van der Waals surface area contributed by atoms with Gasteiger partial charge >= 0.3 is 12.2 Å². The van der Waals surface area contributed by atoms with Crippen molar-refractivity contribution < 1.29 is 27.4 Å². The van der Waals surface area contributed by atoms with Crippen LogP contribution in [0.4, 0.5) is 30.5 Å². The Kier molecular flexibility index (Phi) is 6.42. The van der Waals surface area contributed by atoms with Gasteiger partial charge in [0.05, 0.1) is 36.8 Å². The average Bonchev–Trinajstić information content (AvgIpc) is 3.50. The lowest BCUT2D eigenvalue weighted by atomic mass is 10.1. The van der Waals surface area contributed by atoms with Gasteiger partial charge in [-0.25, -0.2) is 15.0 Å². The summed E-state index contributed by atoms with van der Waals surface area (Å²) >= 11 is 0. The Balaban J connectivity index is 1.18. The Labute approximate surface area is 223 Å². The first-order valence-corrected chi connectivity index (χ1v) is 12.7. The molecule has 206 valence electrons. The maximum absolute atomic E-state index is 13.3. The van der Waals surface area contributed by atoms with Crippen LogP contribution in [0, 0.1) is 0 Å². The molecule has 2 saturated heterocycles. The van der Waals surface area contributed by atoms with Crippen LogP contribution >= 0.6 is 0 Å². The molecule has 3 aromatic rings. The number of aromatic nitrogens is 4. The molecule has 0 amide bonds. The maximum Gasteiger partial charge on any atom is 0.416 e. The number of anilines is 3. The molecule has 2 fully saturated rings. The fraction of sp³-hybridized carbons (Fsp3) is 0.462. The van der Waals surface area contributed by atoms with Crippen molar-refractivity contribution >= 4 is 17.3 Å². The molecule has 1 N–H and O–H groups in total. The Morgan fingerprint density at radius 1 is 1.18 bits per heavy atom. The molecule has 0 spiro atoms. The second kappa shape index (κ2) is 9.79. The van der Waals surface area contributed by atoms with Crippen molar-refractivity contribution in [3.05, 3.63) is 48.3 Å². The Bertz CT molecular complexity index is 1360. The number of benzene rings is 1. The minimum Gasteiger partial charge on any atom is -0.461 e. The summed E-state index contributed by atoms with van der Waals surface area (Å²) in [5.41, 5.74) is 0.432. The van der Waals surface area contributed by atoms with E-state index in [4.69, 9.17) is 19.2 Å². The van der Waals surface area contributed by atoms with Gasteiger partial charge in [-0.05, 0) is 38.5 Å². The molecule has 0 radical (unpaired) electrons. The van der Waals surface area contributed by atoms with E-state index in [1.165, 1.54) is 6.07 Å². The molecular formula is C26H28F3N7O3. The highest BCUT2D eigenvalue weighted by atomic mass is 19.4. The van der Waals surface area contributed by atoms with Gasteiger partial charge in [0.15, 0.2) is 17.4 Å². The van der Waals surface area contributed by atoms with Crippen LogP contribution in [0.25, 0.3) is 11.4 Å². The monoisotopic (exact) mass is 543 g/mol. The number of hydrogen-bond acceptors (Lipinski definition) is 10. The van der Waals surface area contributed by atoms with E-state index in [0.717, 1.165) is 37.3 Å². The lowest BCUT2D eigenvalue weighted by Crippen LogP contribution is -2.45. The van der Waals surface area contributed by atoms with E-state index in [9.17, 15) is 13.2 Å². The van der Waals surface area contributed by atoms with Crippen LogP contribution in [-0.4, -0.2) is 70.8 Å². The van der Waals surface area contributed by atoms with Crippen molar-refractivity contribution in [3.8, 4) is 17.4 Å². The van der Waals surface area contributed by atoms with Crippen LogP contribution in [0.15, 0.2) is 42.7 Å². The van der Waals surface area contributed by atoms with Crippen LogP contribution in [0.2, 0.25) is 0 Å². The van der Waals surface area contributed by atoms with Gasteiger partial charge in [-0.1, -0.05) is 12.1 Å². The van der Waals surface area contributed by atoms with Crippen LogP contribution in [-0.2, 0) is 15.7 Å². The molecule has 0 aliphatic carbocycles. The standard InChI is InChI=1S/C26H28F3N7O3/c1-25(2)38-14-19(39-25)13-37-24-30-8-6-21(33-24)32-15-36-18-7-9-35(12-18)20-11-31-22(34-23(20)36)16-4-3-5-17(10-16)26(27,28)29/h3-6,8,10-11,18-19H,7,9,12-15H2,1-2H3,(H,30,32,33)/t18-,19+/m0/s1. The van der Waals surface area contributed by atoms with Crippen LogP contribution in [0.1, 0.15) is 25.8 Å². The van der Waals surface area contributed by atoms with Gasteiger partial charge in [0.25, 0.3) is 0 Å². The topological polar surface area (TPSA) is 97.8 Å². The molecule has 2 bridgehead atoms. The highest BCUT2D eigenvalue weighted by Crippen LogP contribution is 2.39. The van der Waals surface area contributed by atoms with Crippen molar-refractivity contribution in [1.29, 1.82) is 0 Å². The van der Waals surface area contributed by atoms with E-state index < -0.39 is 17.5 Å². The lowest BCUT2D eigenvalue weighted by Gasteiger charge is -2.37. The zero-order valence-electron chi connectivity index (χ0n) is 21.5. The van der Waals surface area contributed by atoms with E-state index in [2.05, 4.69) is 30.1 Å². The number of hydrogen-bond donors (Lipinski definition) is 1. The second-order valence-electron chi connectivity index (χ2n) is 10.2. The molecular weight excluding hydrogens is 515 g/mol. The van der Waals surface area contributed by atoms with Gasteiger partial charge in [-0.3, -0.25) is 0 Å². The van der Waals surface area contributed by atoms with E-state index in [1.807, 2.05) is 13.8 Å². The molecule has 10 nitrogen and oxygen atoms in total. The third-order valence-electron chi connectivity index (χ3n) is 6.94. The lowest BCUT2D eigenvalue weighted by molar-refractivity contribution is -0.141. The first kappa shape index (κ1) is 25.6. The predicted molar refractivity (Wildman–Crippen MR) is 136 cm³/mol. The fourth-order valence-electron chi connectivity index (χ4n) is 5.05. The Morgan fingerprint density at radius 2 is 2.05 bits per heavy atom. The van der Waals surface area contributed by atoms with Crippen molar-refractivity contribution in [2.24, 2.45) is 0 Å². The summed E-state index contributed by atoms with van der Waals surface area (Å²) in [5.74, 6) is 0.846. The molecule has 3 aliphatic heterocycles. The van der Waals surface area contributed by atoms with Gasteiger partial charge in [0.2, 0.25) is 0 Å². The van der Waals surface area contributed by atoms with Crippen LogP contribution in [0.5, 0.6) is 6.01 Å². The fourth-order valence-corrected chi connectivity index (χ4v) is 5.05. The molecule has 13 heteroatoms. The highest BCUT2D eigenvalue weighted by molar-refractivity contribution is 5.74. The summed E-state index contributed by atoms with van der Waals surface area (Å²) in [7, 11) is 0. The molecule has 6 rings (SSSR count). The second-order valence-corrected chi connectivity index (χ2v) is 10.2. The van der Waals surface area contributed by atoms with E-state index in [0.29, 0.717) is 30.5 Å². The van der Waals surface area contributed by atoms with Crippen molar-refractivity contribution in [2.75, 3.05) is 48.1 Å². The van der Waals surface area contributed by atoms with E-state index >= 15 is 0 Å². The normalized spacial score (nSPS) is 21.7. The molecule has 2 atom stereocenters. The van der Waals surface area contributed by atoms with Crippen molar-refractivity contribution in [3.63, 3.8) is 0 Å². The summed E-state index contributed by atoms with van der Waals surface area (Å²) in [5, 5.41) is 3.32. The van der Waals surface area contributed by atoms with E-state index in [-0.39, 0.29) is 30.6 Å². The smallest absolute Gasteiger partial charge is 0.416 e. The quantitative estimate of drug-likeness (QED) is 0.472. The molecule has 5 heterocycles. The SMILES string of the molecule is CC1(C)OC[C@@H](COc2nccc(NCN3c4nc(-c5cccc(C(F)(F)F)c5)ncc4N4CC[C@H]3C4)n2)O1. The number of rotatable bonds is 7. The number of ether oxygens (including phenoxy) is 3. The number of nitrogens with zero attached hydrogens (tertiary/aromatic N) is 6. The molecule has 39 heavy (non-hydrogen) atoms. The van der Waals surface area contributed by atoms with Crippen molar-refractivity contribution in [1.82, 2.24) is 19.9 Å². The first-order chi connectivity index (χ1) is 18.6. The Hall–Kier alpha value is -3.71. The Morgan fingerprint density at radius 3 is 2.85 bits per heavy atom. The third-order valence-corrected chi connectivity index (χ3v) is 6.94. The highest BCUT2D eigenvalue weighted by Gasteiger charge is 2.38. The predicted octanol–water partition coefficient (Wildman–Crippen LogP) is 3.95. The largest absolute Gasteiger partial charge is 0.461 e. The maximum atomic E-state index is 13.3. The minimum atomic E-state index is -4.44. The summed E-state index contributed by atoms with van der Waals surface area (Å²) in [6.07, 6.45) is -0.426. The van der Waals surface area contributed by atoms with Crippen LogP contribution < -0.4 is 19.9 Å². The minimum absolute atomic E-state index is 0.190. The molecule has 0 saturated carbocycles. The van der Waals surface area contributed by atoms with Gasteiger partial charge in [0.1, 0.15) is 18.5 Å². The van der Waals surface area contributed by atoms with Gasteiger partial charge in [-0.15, -0.1) is 0 Å². The van der Waals surface area contributed by atoms with Gasteiger partial charge < -0.3 is 29.3 Å². The summed E-state index contributed by atoms with van der Waals surface area (Å²) < 4.78 is 56.9. The third kappa shape index (κ3) is 5.41. The number of halogens is 3. The summed E-state index contributed by atoms with van der Waals surface area (Å²) in [6, 6.07) is 7.22.